The van der Waals surface area contributed by atoms with Gasteiger partial charge < -0.3 is 14.5 Å². The number of aromatic amines is 1. The molecule has 19 heavy (non-hydrogen) atoms. The molecular formula is C14H15NO3S. The van der Waals surface area contributed by atoms with Gasteiger partial charge in [0.1, 0.15) is 5.75 Å². The normalized spacial score (nSPS) is 10.4. The van der Waals surface area contributed by atoms with E-state index in [1.165, 1.54) is 0 Å². The highest BCUT2D eigenvalue weighted by Crippen LogP contribution is 2.22. The first-order valence-corrected chi connectivity index (χ1v) is 6.53. The lowest BCUT2D eigenvalue weighted by atomic mass is 10.1. The number of carbonyl (C=O) groups excluding carboxylic acids is 1. The van der Waals surface area contributed by atoms with Gasteiger partial charge in [-0.2, -0.15) is 0 Å². The molecule has 0 aliphatic heterocycles. The minimum Gasteiger partial charge on any atom is -0.494 e. The predicted molar refractivity (Wildman–Crippen MR) is 76.3 cm³/mol. The van der Waals surface area contributed by atoms with Crippen LogP contribution in [0.2, 0.25) is 0 Å². The van der Waals surface area contributed by atoms with Crippen LogP contribution in [0.1, 0.15) is 24.2 Å². The number of rotatable bonds is 4. The number of esters is 1. The van der Waals surface area contributed by atoms with E-state index in [0.29, 0.717) is 23.3 Å². The number of hydrogen-bond donors (Lipinski definition) is 1. The SMILES string of the molecule is CCOC(=O)c1c[nH]c2ccc(OCC)cc2c1=S. The molecule has 0 saturated heterocycles. The average molecular weight is 277 g/mol. The molecule has 1 aromatic heterocycles. The summed E-state index contributed by atoms with van der Waals surface area (Å²) >= 11 is 5.35. The monoisotopic (exact) mass is 277 g/mol. The third-order valence-corrected chi connectivity index (χ3v) is 3.10. The number of benzene rings is 1. The molecule has 0 saturated carbocycles. The van der Waals surface area contributed by atoms with Crippen LogP contribution in [0.25, 0.3) is 10.9 Å². The maximum Gasteiger partial charge on any atom is 0.341 e. The van der Waals surface area contributed by atoms with Crippen molar-refractivity contribution in [1.82, 2.24) is 4.98 Å². The third kappa shape index (κ3) is 2.76. The Kier molecular flexibility index (Phi) is 4.16. The van der Waals surface area contributed by atoms with Crippen molar-refractivity contribution in [1.29, 1.82) is 0 Å². The van der Waals surface area contributed by atoms with Crippen LogP contribution in [-0.2, 0) is 4.74 Å². The number of fused-ring (bicyclic) bond motifs is 1. The second-order valence-electron chi connectivity index (χ2n) is 3.89. The van der Waals surface area contributed by atoms with Crippen LogP contribution in [0, 0.1) is 4.51 Å². The molecule has 2 aromatic rings. The summed E-state index contributed by atoms with van der Waals surface area (Å²) in [6.07, 6.45) is 1.59. The van der Waals surface area contributed by atoms with Crippen LogP contribution in [0.5, 0.6) is 5.75 Å². The summed E-state index contributed by atoms with van der Waals surface area (Å²) < 4.78 is 10.9. The molecule has 0 aliphatic carbocycles. The molecule has 2 rings (SSSR count). The minimum absolute atomic E-state index is 0.324. The van der Waals surface area contributed by atoms with E-state index in [-0.39, 0.29) is 0 Å². The lowest BCUT2D eigenvalue weighted by molar-refractivity contribution is 0.0525. The smallest absolute Gasteiger partial charge is 0.341 e. The van der Waals surface area contributed by atoms with Crippen molar-refractivity contribution in [2.45, 2.75) is 13.8 Å². The Hall–Kier alpha value is -1.88. The number of ether oxygens (including phenoxy) is 2. The van der Waals surface area contributed by atoms with Crippen LogP contribution in [0.4, 0.5) is 0 Å². The number of aromatic nitrogens is 1. The topological polar surface area (TPSA) is 51.3 Å². The van der Waals surface area contributed by atoms with Crippen LogP contribution < -0.4 is 4.74 Å². The van der Waals surface area contributed by atoms with Crippen LogP contribution in [0.15, 0.2) is 24.4 Å². The standard InChI is InChI=1S/C14H15NO3S/c1-3-17-9-5-6-12-10(7-9)13(19)11(8-15-12)14(16)18-4-2/h5-8H,3-4H2,1-2H3,(H,15,19). The van der Waals surface area contributed by atoms with Gasteiger partial charge in [-0.25, -0.2) is 4.79 Å². The highest BCUT2D eigenvalue weighted by atomic mass is 32.1. The van der Waals surface area contributed by atoms with Gasteiger partial charge in [-0.3, -0.25) is 0 Å². The lowest BCUT2D eigenvalue weighted by Gasteiger charge is -2.07. The summed E-state index contributed by atoms with van der Waals surface area (Å²) in [5.74, 6) is 0.322. The minimum atomic E-state index is -0.410. The quantitative estimate of drug-likeness (QED) is 0.686. The van der Waals surface area contributed by atoms with Gasteiger partial charge >= 0.3 is 5.97 Å². The molecule has 0 amide bonds. The van der Waals surface area contributed by atoms with Crippen LogP contribution in [0.3, 0.4) is 0 Å². The molecule has 0 aliphatic rings. The first-order chi connectivity index (χ1) is 9.17. The van der Waals surface area contributed by atoms with Crippen LogP contribution in [-0.4, -0.2) is 24.2 Å². The van der Waals surface area contributed by atoms with Crippen molar-refractivity contribution in [3.05, 3.63) is 34.5 Å². The molecule has 0 spiro atoms. The molecule has 1 N–H and O–H groups in total. The van der Waals surface area contributed by atoms with Crippen molar-refractivity contribution in [2.75, 3.05) is 13.2 Å². The largest absolute Gasteiger partial charge is 0.494 e. The molecule has 5 heteroatoms. The second kappa shape index (κ2) is 5.84. The summed E-state index contributed by atoms with van der Waals surface area (Å²) in [7, 11) is 0. The molecular weight excluding hydrogens is 262 g/mol. The molecule has 0 atom stereocenters. The van der Waals surface area contributed by atoms with Gasteiger partial charge in [0.15, 0.2) is 0 Å². The van der Waals surface area contributed by atoms with Gasteiger partial charge in [-0.05, 0) is 32.0 Å². The number of hydrogen-bond acceptors (Lipinski definition) is 4. The molecule has 0 bridgehead atoms. The molecule has 4 nitrogen and oxygen atoms in total. The Morgan fingerprint density at radius 2 is 2.11 bits per heavy atom. The molecule has 0 fully saturated rings. The van der Waals surface area contributed by atoms with Crippen molar-refractivity contribution in [2.24, 2.45) is 0 Å². The second-order valence-corrected chi connectivity index (χ2v) is 4.30. The van der Waals surface area contributed by atoms with E-state index in [1.54, 1.807) is 13.1 Å². The number of H-pyrrole nitrogens is 1. The van der Waals surface area contributed by atoms with Crippen molar-refractivity contribution < 1.29 is 14.3 Å². The zero-order valence-corrected chi connectivity index (χ0v) is 11.7. The molecule has 1 aromatic carbocycles. The molecule has 1 heterocycles. The van der Waals surface area contributed by atoms with Crippen LogP contribution >= 0.6 is 12.2 Å². The van der Waals surface area contributed by atoms with Gasteiger partial charge in [0, 0.05) is 17.1 Å². The van der Waals surface area contributed by atoms with Crippen molar-refractivity contribution >= 4 is 29.1 Å². The zero-order chi connectivity index (χ0) is 13.8. The summed E-state index contributed by atoms with van der Waals surface area (Å²) in [5, 5.41) is 0.784. The maximum atomic E-state index is 11.8. The summed E-state index contributed by atoms with van der Waals surface area (Å²) in [6, 6.07) is 5.58. The molecule has 100 valence electrons. The van der Waals surface area contributed by atoms with E-state index in [1.807, 2.05) is 25.1 Å². The fourth-order valence-electron chi connectivity index (χ4n) is 1.81. The maximum absolute atomic E-state index is 11.8. The Morgan fingerprint density at radius 1 is 1.32 bits per heavy atom. The Bertz CT molecular complexity index is 663. The summed E-state index contributed by atoms with van der Waals surface area (Å²) in [5.41, 5.74) is 1.24. The van der Waals surface area contributed by atoms with Gasteiger partial charge in [0.25, 0.3) is 0 Å². The van der Waals surface area contributed by atoms with E-state index in [9.17, 15) is 4.79 Å². The lowest BCUT2D eigenvalue weighted by Crippen LogP contribution is -2.06. The number of carbonyl (C=O) groups is 1. The summed E-state index contributed by atoms with van der Waals surface area (Å²) in [4.78, 5) is 14.8. The fraction of sp³-hybridized carbons (Fsp3) is 0.286. The van der Waals surface area contributed by atoms with E-state index >= 15 is 0 Å². The Balaban J connectivity index is 2.55. The van der Waals surface area contributed by atoms with Crippen molar-refractivity contribution in [3.63, 3.8) is 0 Å². The highest BCUT2D eigenvalue weighted by molar-refractivity contribution is 7.71. The zero-order valence-electron chi connectivity index (χ0n) is 10.9. The fourth-order valence-corrected chi connectivity index (χ4v) is 2.13. The first kappa shape index (κ1) is 13.5. The van der Waals surface area contributed by atoms with Gasteiger partial charge in [0.05, 0.1) is 23.3 Å². The number of pyridine rings is 1. The highest BCUT2D eigenvalue weighted by Gasteiger charge is 2.11. The molecule has 0 unspecified atom stereocenters. The first-order valence-electron chi connectivity index (χ1n) is 6.12. The van der Waals surface area contributed by atoms with E-state index in [4.69, 9.17) is 21.7 Å². The third-order valence-electron chi connectivity index (χ3n) is 2.66. The van der Waals surface area contributed by atoms with E-state index in [2.05, 4.69) is 4.98 Å². The number of nitrogens with one attached hydrogen (secondary N) is 1. The van der Waals surface area contributed by atoms with Crippen molar-refractivity contribution in [3.8, 4) is 5.75 Å². The average Bonchev–Trinajstić information content (AvgIpc) is 2.40. The molecule has 0 radical (unpaired) electrons. The predicted octanol–water partition coefficient (Wildman–Crippen LogP) is 3.47. The van der Waals surface area contributed by atoms with Gasteiger partial charge in [-0.15, -0.1) is 0 Å². The van der Waals surface area contributed by atoms with Gasteiger partial charge in [0.2, 0.25) is 0 Å². The Labute approximate surface area is 116 Å². The van der Waals surface area contributed by atoms with E-state index in [0.717, 1.165) is 16.7 Å². The summed E-state index contributed by atoms with van der Waals surface area (Å²) in [6.45, 7) is 4.59. The van der Waals surface area contributed by atoms with E-state index < -0.39 is 5.97 Å². The van der Waals surface area contributed by atoms with Gasteiger partial charge in [-0.1, -0.05) is 12.2 Å². The Morgan fingerprint density at radius 3 is 2.79 bits per heavy atom.